The van der Waals surface area contributed by atoms with Crippen LogP contribution in [0.2, 0.25) is 0 Å². The predicted molar refractivity (Wildman–Crippen MR) is 107 cm³/mol. The SMILES string of the molecule is OCc1cccc(-c2ccc3nc(-c4cc5ccccc5s4)cn3c2)c1. The summed E-state index contributed by atoms with van der Waals surface area (Å²) >= 11 is 1.77. The van der Waals surface area contributed by atoms with Gasteiger partial charge in [0, 0.05) is 17.1 Å². The summed E-state index contributed by atoms with van der Waals surface area (Å²) in [5.74, 6) is 0. The number of fused-ring (bicyclic) bond motifs is 2. The standard InChI is InChI=1S/C22H16N2OS/c25-14-15-4-3-6-16(10-15)18-8-9-22-23-19(13-24(22)12-18)21-11-17-5-1-2-7-20(17)26-21/h1-13,25H,14H2. The number of aliphatic hydroxyl groups is 1. The molecule has 0 aliphatic carbocycles. The summed E-state index contributed by atoms with van der Waals surface area (Å²) < 4.78 is 3.35. The summed E-state index contributed by atoms with van der Waals surface area (Å²) in [4.78, 5) is 5.96. The average molecular weight is 356 g/mol. The van der Waals surface area contributed by atoms with Gasteiger partial charge in [-0.3, -0.25) is 0 Å². The first kappa shape index (κ1) is 15.3. The normalized spacial score (nSPS) is 11.4. The Kier molecular flexibility index (Phi) is 3.59. The molecule has 3 heterocycles. The molecule has 0 saturated carbocycles. The zero-order valence-corrected chi connectivity index (χ0v) is 14.8. The van der Waals surface area contributed by atoms with Gasteiger partial charge in [0.05, 0.1) is 17.2 Å². The van der Waals surface area contributed by atoms with Crippen molar-refractivity contribution in [1.29, 1.82) is 0 Å². The van der Waals surface area contributed by atoms with Crippen LogP contribution >= 0.6 is 11.3 Å². The van der Waals surface area contributed by atoms with Crippen LogP contribution in [0.5, 0.6) is 0 Å². The monoisotopic (exact) mass is 356 g/mol. The molecular formula is C22H16N2OS. The van der Waals surface area contributed by atoms with E-state index in [1.165, 1.54) is 15.0 Å². The van der Waals surface area contributed by atoms with Crippen LogP contribution in [0, 0.1) is 0 Å². The van der Waals surface area contributed by atoms with E-state index in [-0.39, 0.29) is 6.61 Å². The van der Waals surface area contributed by atoms with Gasteiger partial charge in [-0.1, -0.05) is 36.4 Å². The molecule has 3 aromatic heterocycles. The lowest BCUT2D eigenvalue weighted by Crippen LogP contribution is -1.87. The van der Waals surface area contributed by atoms with Gasteiger partial charge in [0.2, 0.25) is 0 Å². The lowest BCUT2D eigenvalue weighted by atomic mass is 10.1. The predicted octanol–water partition coefficient (Wildman–Crippen LogP) is 5.38. The van der Waals surface area contributed by atoms with E-state index in [2.05, 4.69) is 59.3 Å². The minimum Gasteiger partial charge on any atom is -0.392 e. The Labute approximate surface area is 154 Å². The van der Waals surface area contributed by atoms with Gasteiger partial charge in [0.15, 0.2) is 0 Å². The molecular weight excluding hydrogens is 340 g/mol. The summed E-state index contributed by atoms with van der Waals surface area (Å²) in [7, 11) is 0. The van der Waals surface area contributed by atoms with Gasteiger partial charge < -0.3 is 9.51 Å². The second-order valence-corrected chi connectivity index (χ2v) is 7.40. The van der Waals surface area contributed by atoms with E-state index in [1.54, 1.807) is 11.3 Å². The number of pyridine rings is 1. The van der Waals surface area contributed by atoms with E-state index in [1.807, 2.05) is 24.3 Å². The third-order valence-electron chi connectivity index (χ3n) is 4.57. The van der Waals surface area contributed by atoms with Gasteiger partial charge in [-0.2, -0.15) is 0 Å². The zero-order valence-electron chi connectivity index (χ0n) is 14.0. The number of hydrogen-bond donors (Lipinski definition) is 1. The quantitative estimate of drug-likeness (QED) is 0.471. The van der Waals surface area contributed by atoms with E-state index in [9.17, 15) is 5.11 Å². The first-order valence-electron chi connectivity index (χ1n) is 8.48. The summed E-state index contributed by atoms with van der Waals surface area (Å²) in [5.41, 5.74) is 5.04. The third-order valence-corrected chi connectivity index (χ3v) is 5.71. The number of imidazole rings is 1. The van der Waals surface area contributed by atoms with Crippen LogP contribution in [0.3, 0.4) is 0 Å². The molecule has 0 unspecified atom stereocenters. The molecule has 0 spiro atoms. The van der Waals surface area contributed by atoms with Gasteiger partial charge in [-0.15, -0.1) is 11.3 Å². The Morgan fingerprint density at radius 2 is 1.81 bits per heavy atom. The molecule has 4 heteroatoms. The first-order chi connectivity index (χ1) is 12.8. The maximum absolute atomic E-state index is 9.36. The van der Waals surface area contributed by atoms with Crippen molar-refractivity contribution >= 4 is 27.1 Å². The highest BCUT2D eigenvalue weighted by atomic mass is 32.1. The zero-order chi connectivity index (χ0) is 17.5. The topological polar surface area (TPSA) is 37.5 Å². The van der Waals surface area contributed by atoms with Crippen molar-refractivity contribution < 1.29 is 5.11 Å². The van der Waals surface area contributed by atoms with E-state index in [0.29, 0.717) is 0 Å². The third kappa shape index (κ3) is 2.60. The Morgan fingerprint density at radius 1 is 0.885 bits per heavy atom. The number of rotatable bonds is 3. The molecule has 0 amide bonds. The number of nitrogens with zero attached hydrogens (tertiary/aromatic N) is 2. The maximum Gasteiger partial charge on any atom is 0.137 e. The van der Waals surface area contributed by atoms with Crippen molar-refractivity contribution in [3.05, 3.63) is 84.7 Å². The smallest absolute Gasteiger partial charge is 0.137 e. The van der Waals surface area contributed by atoms with Crippen LogP contribution in [0.1, 0.15) is 5.56 Å². The fourth-order valence-electron chi connectivity index (χ4n) is 3.24. The summed E-state index contributed by atoms with van der Waals surface area (Å²) in [6.45, 7) is 0.0528. The molecule has 2 aromatic carbocycles. The fraction of sp³-hybridized carbons (Fsp3) is 0.0455. The molecule has 0 aliphatic heterocycles. The summed E-state index contributed by atoms with van der Waals surface area (Å²) in [6, 6.07) is 22.7. The highest BCUT2D eigenvalue weighted by Gasteiger charge is 2.09. The Hall–Kier alpha value is -2.95. The number of hydrogen-bond acceptors (Lipinski definition) is 3. The molecule has 5 aromatic rings. The van der Waals surface area contributed by atoms with Crippen molar-refractivity contribution in [2.24, 2.45) is 0 Å². The molecule has 0 radical (unpaired) electrons. The van der Waals surface area contributed by atoms with E-state index in [4.69, 9.17) is 4.98 Å². The molecule has 26 heavy (non-hydrogen) atoms. The van der Waals surface area contributed by atoms with Gasteiger partial charge in [0.25, 0.3) is 0 Å². The number of benzene rings is 2. The van der Waals surface area contributed by atoms with E-state index < -0.39 is 0 Å². The molecule has 126 valence electrons. The maximum atomic E-state index is 9.36. The molecule has 0 atom stereocenters. The minimum absolute atomic E-state index is 0.0528. The Bertz CT molecular complexity index is 1200. The van der Waals surface area contributed by atoms with Gasteiger partial charge >= 0.3 is 0 Å². The largest absolute Gasteiger partial charge is 0.392 e. The lowest BCUT2D eigenvalue weighted by molar-refractivity contribution is 0.282. The van der Waals surface area contributed by atoms with Gasteiger partial charge in [0.1, 0.15) is 5.65 Å². The van der Waals surface area contributed by atoms with E-state index in [0.717, 1.165) is 28.0 Å². The molecule has 0 bridgehead atoms. The first-order valence-corrected chi connectivity index (χ1v) is 9.30. The van der Waals surface area contributed by atoms with Crippen molar-refractivity contribution in [2.45, 2.75) is 6.61 Å². The van der Waals surface area contributed by atoms with Crippen LogP contribution in [-0.2, 0) is 6.61 Å². The van der Waals surface area contributed by atoms with Crippen LogP contribution < -0.4 is 0 Å². The van der Waals surface area contributed by atoms with Crippen LogP contribution in [-0.4, -0.2) is 14.5 Å². The van der Waals surface area contributed by atoms with Crippen molar-refractivity contribution in [3.8, 4) is 21.7 Å². The highest BCUT2D eigenvalue weighted by Crippen LogP contribution is 2.33. The minimum atomic E-state index is 0.0528. The van der Waals surface area contributed by atoms with Crippen molar-refractivity contribution in [2.75, 3.05) is 0 Å². The molecule has 0 saturated heterocycles. The molecule has 1 N–H and O–H groups in total. The summed E-state index contributed by atoms with van der Waals surface area (Å²) in [6.07, 6.45) is 4.18. The average Bonchev–Trinajstić information content (AvgIpc) is 3.31. The van der Waals surface area contributed by atoms with Crippen LogP contribution in [0.25, 0.3) is 37.4 Å². The fourth-order valence-corrected chi connectivity index (χ4v) is 4.26. The Balaban J connectivity index is 1.59. The van der Waals surface area contributed by atoms with Crippen LogP contribution in [0.15, 0.2) is 79.1 Å². The van der Waals surface area contributed by atoms with E-state index >= 15 is 0 Å². The van der Waals surface area contributed by atoms with Crippen LogP contribution in [0.4, 0.5) is 0 Å². The number of aromatic nitrogens is 2. The molecule has 0 fully saturated rings. The molecule has 5 rings (SSSR count). The Morgan fingerprint density at radius 3 is 2.69 bits per heavy atom. The summed E-state index contributed by atoms with van der Waals surface area (Å²) in [5, 5.41) is 10.6. The number of thiophene rings is 1. The second kappa shape index (κ2) is 6.09. The van der Waals surface area contributed by atoms with Gasteiger partial charge in [-0.05, 0) is 52.4 Å². The number of aliphatic hydroxyl groups excluding tert-OH is 1. The van der Waals surface area contributed by atoms with Crippen molar-refractivity contribution in [3.63, 3.8) is 0 Å². The molecule has 0 aliphatic rings. The van der Waals surface area contributed by atoms with Crippen molar-refractivity contribution in [1.82, 2.24) is 9.38 Å². The lowest BCUT2D eigenvalue weighted by Gasteiger charge is -2.04. The molecule has 3 nitrogen and oxygen atoms in total. The van der Waals surface area contributed by atoms with Gasteiger partial charge in [-0.25, -0.2) is 4.98 Å². The second-order valence-electron chi connectivity index (χ2n) is 6.32. The highest BCUT2D eigenvalue weighted by molar-refractivity contribution is 7.22.